The number of amides is 2. The van der Waals surface area contributed by atoms with E-state index in [0.717, 1.165) is 16.9 Å². The lowest BCUT2D eigenvalue weighted by atomic mass is 10.2. The molecule has 0 bridgehead atoms. The van der Waals surface area contributed by atoms with Crippen LogP contribution in [0.3, 0.4) is 0 Å². The number of thiophene rings is 1. The minimum absolute atomic E-state index is 0.107. The number of nitrogens with two attached hydrogens (primary N) is 2. The monoisotopic (exact) mass is 268 g/mol. The van der Waals surface area contributed by atoms with Crippen LogP contribution in [0.5, 0.6) is 0 Å². The second-order valence-electron chi connectivity index (χ2n) is 3.80. The first-order valence-corrected chi connectivity index (χ1v) is 6.02. The van der Waals surface area contributed by atoms with Crippen LogP contribution in [-0.2, 0) is 0 Å². The molecule has 0 saturated carbocycles. The van der Waals surface area contributed by atoms with Gasteiger partial charge in [0, 0.05) is 13.6 Å². The largest absolute Gasteiger partial charge is 0.397 e. The summed E-state index contributed by atoms with van der Waals surface area (Å²) in [5.41, 5.74) is 12.2. The Balaban J connectivity index is 3.21. The molecule has 6 N–H and O–H groups in total. The van der Waals surface area contributed by atoms with Gasteiger partial charge in [0.15, 0.2) is 0 Å². The number of nitrogen functional groups attached to an aromatic ring is 1. The highest BCUT2D eigenvalue weighted by Crippen LogP contribution is 2.35. The van der Waals surface area contributed by atoms with Crippen LogP contribution in [0.25, 0.3) is 0 Å². The fourth-order valence-corrected chi connectivity index (χ4v) is 2.30. The van der Waals surface area contributed by atoms with E-state index in [-0.39, 0.29) is 22.0 Å². The molecular formula is C11H16N4O2S. The van der Waals surface area contributed by atoms with Gasteiger partial charge in [-0.1, -0.05) is 12.2 Å². The van der Waals surface area contributed by atoms with E-state index in [0.29, 0.717) is 11.5 Å². The van der Waals surface area contributed by atoms with Crippen molar-refractivity contribution < 1.29 is 9.59 Å². The maximum Gasteiger partial charge on any atom is 0.260 e. The number of hydrogen-bond acceptors (Lipinski definition) is 5. The van der Waals surface area contributed by atoms with Crippen LogP contribution in [0.1, 0.15) is 27.0 Å². The van der Waals surface area contributed by atoms with Crippen molar-refractivity contribution in [3.05, 3.63) is 22.6 Å². The zero-order valence-corrected chi connectivity index (χ0v) is 11.1. The van der Waals surface area contributed by atoms with Crippen molar-refractivity contribution in [3.63, 3.8) is 0 Å². The third kappa shape index (κ3) is 2.80. The lowest BCUT2D eigenvalue weighted by Crippen LogP contribution is -2.21. The number of nitrogens with one attached hydrogen (secondary N) is 2. The lowest BCUT2D eigenvalue weighted by molar-refractivity contribution is 0.0965. The third-order valence-corrected chi connectivity index (χ3v) is 3.35. The normalized spacial score (nSPS) is 9.89. The molecule has 6 nitrogen and oxygen atoms in total. The van der Waals surface area contributed by atoms with Gasteiger partial charge in [-0.3, -0.25) is 9.59 Å². The fraction of sp³-hybridized carbons (Fsp3) is 0.273. The standard InChI is InChI=1S/C11H16N4O2S/c1-5(2)4-15-11-6(10(17)14-3)7(12)8(18-11)9(13)16/h15H,1,4,12H2,2-3H3,(H2,13,16)(H,14,17). The Kier molecular flexibility index (Phi) is 4.33. The fourth-order valence-electron chi connectivity index (χ4n) is 1.33. The number of anilines is 2. The highest BCUT2D eigenvalue weighted by Gasteiger charge is 2.23. The van der Waals surface area contributed by atoms with Crippen LogP contribution in [0.2, 0.25) is 0 Å². The van der Waals surface area contributed by atoms with Crippen LogP contribution in [0.15, 0.2) is 12.2 Å². The molecule has 18 heavy (non-hydrogen) atoms. The van der Waals surface area contributed by atoms with E-state index < -0.39 is 5.91 Å². The van der Waals surface area contributed by atoms with Crippen molar-refractivity contribution >= 4 is 33.8 Å². The van der Waals surface area contributed by atoms with E-state index in [4.69, 9.17) is 11.5 Å². The van der Waals surface area contributed by atoms with Crippen molar-refractivity contribution in [3.8, 4) is 0 Å². The lowest BCUT2D eigenvalue weighted by Gasteiger charge is -2.06. The number of hydrogen-bond donors (Lipinski definition) is 4. The van der Waals surface area contributed by atoms with Gasteiger partial charge in [0.2, 0.25) is 0 Å². The van der Waals surface area contributed by atoms with Gasteiger partial charge in [0.05, 0.1) is 11.3 Å². The molecule has 98 valence electrons. The van der Waals surface area contributed by atoms with E-state index in [9.17, 15) is 9.59 Å². The molecule has 1 heterocycles. The zero-order valence-electron chi connectivity index (χ0n) is 10.3. The predicted molar refractivity (Wildman–Crippen MR) is 73.9 cm³/mol. The van der Waals surface area contributed by atoms with Crippen LogP contribution >= 0.6 is 11.3 Å². The van der Waals surface area contributed by atoms with E-state index in [1.54, 1.807) is 0 Å². The summed E-state index contributed by atoms with van der Waals surface area (Å²) in [5, 5.41) is 6.01. The molecular weight excluding hydrogens is 252 g/mol. The third-order valence-electron chi connectivity index (χ3n) is 2.17. The Morgan fingerprint density at radius 1 is 1.44 bits per heavy atom. The quantitative estimate of drug-likeness (QED) is 0.591. The van der Waals surface area contributed by atoms with Crippen LogP contribution in [0, 0.1) is 0 Å². The van der Waals surface area contributed by atoms with Gasteiger partial charge in [-0.15, -0.1) is 11.3 Å². The first kappa shape index (κ1) is 14.0. The van der Waals surface area contributed by atoms with Gasteiger partial charge in [0.1, 0.15) is 9.88 Å². The average Bonchev–Trinajstić information content (AvgIpc) is 2.63. The topological polar surface area (TPSA) is 110 Å². The Hall–Kier alpha value is -2.02. The van der Waals surface area contributed by atoms with Crippen molar-refractivity contribution in [1.82, 2.24) is 5.32 Å². The van der Waals surface area contributed by atoms with Gasteiger partial charge in [-0.2, -0.15) is 0 Å². The summed E-state index contributed by atoms with van der Waals surface area (Å²) in [6.45, 7) is 6.08. The maximum atomic E-state index is 11.7. The van der Waals surface area contributed by atoms with Crippen LogP contribution in [-0.4, -0.2) is 25.4 Å². The highest BCUT2D eigenvalue weighted by atomic mass is 32.1. The maximum absolute atomic E-state index is 11.7. The summed E-state index contributed by atoms with van der Waals surface area (Å²) in [5.74, 6) is -1.01. The van der Waals surface area contributed by atoms with Crippen molar-refractivity contribution in [1.29, 1.82) is 0 Å². The molecule has 1 aromatic rings. The van der Waals surface area contributed by atoms with Crippen molar-refractivity contribution in [2.24, 2.45) is 5.73 Å². The molecule has 0 fully saturated rings. The number of carbonyl (C=O) groups excluding carboxylic acids is 2. The van der Waals surface area contributed by atoms with E-state index in [1.807, 2.05) is 6.92 Å². The first-order valence-electron chi connectivity index (χ1n) is 5.20. The second kappa shape index (κ2) is 5.54. The Bertz CT molecular complexity index is 507. The van der Waals surface area contributed by atoms with E-state index >= 15 is 0 Å². The van der Waals surface area contributed by atoms with Crippen LogP contribution in [0.4, 0.5) is 10.7 Å². The van der Waals surface area contributed by atoms with Gasteiger partial charge < -0.3 is 22.1 Å². The van der Waals surface area contributed by atoms with Gasteiger partial charge >= 0.3 is 0 Å². The average molecular weight is 268 g/mol. The molecule has 0 saturated heterocycles. The molecule has 0 atom stereocenters. The predicted octanol–water partition coefficient (Wildman–Crippen LogP) is 0.777. The molecule has 0 aliphatic rings. The smallest absolute Gasteiger partial charge is 0.260 e. The highest BCUT2D eigenvalue weighted by molar-refractivity contribution is 7.19. The molecule has 0 spiro atoms. The molecule has 0 radical (unpaired) electrons. The molecule has 2 amide bonds. The molecule has 0 aliphatic carbocycles. The summed E-state index contributed by atoms with van der Waals surface area (Å²) in [6.07, 6.45) is 0. The van der Waals surface area contributed by atoms with Crippen LogP contribution < -0.4 is 22.1 Å². The van der Waals surface area contributed by atoms with Crippen molar-refractivity contribution in [2.45, 2.75) is 6.92 Å². The number of primary amides is 1. The molecule has 0 aliphatic heterocycles. The molecule has 0 unspecified atom stereocenters. The van der Waals surface area contributed by atoms with E-state index in [2.05, 4.69) is 17.2 Å². The molecule has 7 heteroatoms. The Morgan fingerprint density at radius 2 is 2.06 bits per heavy atom. The Morgan fingerprint density at radius 3 is 2.50 bits per heavy atom. The first-order chi connectivity index (χ1) is 8.38. The van der Waals surface area contributed by atoms with E-state index in [1.165, 1.54) is 7.05 Å². The molecule has 1 rings (SSSR count). The van der Waals surface area contributed by atoms with Gasteiger partial charge in [-0.05, 0) is 6.92 Å². The van der Waals surface area contributed by atoms with Gasteiger partial charge in [-0.25, -0.2) is 0 Å². The number of carbonyl (C=O) groups is 2. The minimum Gasteiger partial charge on any atom is -0.397 e. The van der Waals surface area contributed by atoms with Crippen molar-refractivity contribution in [2.75, 3.05) is 24.6 Å². The summed E-state index contributed by atoms with van der Waals surface area (Å²) in [7, 11) is 1.49. The minimum atomic E-state index is -0.647. The second-order valence-corrected chi connectivity index (χ2v) is 4.82. The Labute approximate surface area is 109 Å². The molecule has 0 aromatic carbocycles. The molecule has 1 aromatic heterocycles. The summed E-state index contributed by atoms with van der Waals surface area (Å²) in [6, 6.07) is 0. The summed E-state index contributed by atoms with van der Waals surface area (Å²) in [4.78, 5) is 23.1. The summed E-state index contributed by atoms with van der Waals surface area (Å²) < 4.78 is 0. The summed E-state index contributed by atoms with van der Waals surface area (Å²) >= 11 is 1.07. The SMILES string of the molecule is C=C(C)CNc1sc(C(N)=O)c(N)c1C(=O)NC. The zero-order chi connectivity index (χ0) is 13.9. The number of rotatable bonds is 5. The van der Waals surface area contributed by atoms with Gasteiger partial charge in [0.25, 0.3) is 11.8 Å².